The second-order valence-electron chi connectivity index (χ2n) is 6.25. The zero-order chi connectivity index (χ0) is 16.7. The normalized spacial score (nSPS) is 20.5. The second kappa shape index (κ2) is 6.35. The van der Waals surface area contributed by atoms with Crippen LogP contribution in [0, 0.1) is 0 Å². The van der Waals surface area contributed by atoms with Gasteiger partial charge in [-0.15, -0.1) is 0 Å². The molecule has 3 nitrogen and oxygen atoms in total. The van der Waals surface area contributed by atoms with Crippen LogP contribution in [0.5, 0.6) is 0 Å². The number of rotatable bonds is 3. The fourth-order valence-corrected chi connectivity index (χ4v) is 2.64. The van der Waals surface area contributed by atoms with Gasteiger partial charge in [-0.3, -0.25) is 0 Å². The molecule has 2 rings (SSSR count). The van der Waals surface area contributed by atoms with Crippen molar-refractivity contribution < 1.29 is 14.4 Å². The van der Waals surface area contributed by atoms with E-state index < -0.39 is 18.3 Å². The first-order valence-electron chi connectivity index (χ1n) is 6.89. The summed E-state index contributed by atoms with van der Waals surface area (Å²) in [5.41, 5.74) is 0.259. The Morgan fingerprint density at radius 1 is 1.05 bits per heavy atom. The minimum Gasteiger partial charge on any atom is -0.400 e. The molecule has 0 unspecified atom stereocenters. The van der Waals surface area contributed by atoms with Gasteiger partial charge in [0.25, 0.3) is 0 Å². The molecule has 1 aromatic rings. The lowest BCUT2D eigenvalue weighted by Gasteiger charge is -2.32. The molecule has 0 saturated carbocycles. The highest BCUT2D eigenvalue weighted by molar-refractivity contribution is 6.56. The summed E-state index contributed by atoms with van der Waals surface area (Å²) in [4.78, 5) is 0. The topological polar surface area (TPSA) is 38.7 Å². The van der Waals surface area contributed by atoms with E-state index in [-0.39, 0.29) is 6.61 Å². The first kappa shape index (κ1) is 18.1. The minimum atomic E-state index is -0.638. The number of halogens is 3. The molecule has 1 aliphatic rings. The fraction of sp³-hybridized carbons (Fsp3) is 0.467. The smallest absolute Gasteiger partial charge is 0.400 e. The fourth-order valence-electron chi connectivity index (χ4n) is 2.03. The van der Waals surface area contributed by atoms with Crippen LogP contribution in [0.15, 0.2) is 17.6 Å². The van der Waals surface area contributed by atoms with Crippen LogP contribution in [-0.4, -0.2) is 30.0 Å². The van der Waals surface area contributed by atoms with E-state index in [9.17, 15) is 5.11 Å². The molecule has 0 aliphatic carbocycles. The van der Waals surface area contributed by atoms with Crippen LogP contribution in [0.25, 0.3) is 6.08 Å². The molecule has 1 aromatic carbocycles. The summed E-state index contributed by atoms with van der Waals surface area (Å²) in [6.07, 6.45) is 1.71. The van der Waals surface area contributed by atoms with E-state index in [2.05, 4.69) is 0 Å². The molecule has 1 saturated heterocycles. The Labute approximate surface area is 146 Å². The van der Waals surface area contributed by atoms with Crippen molar-refractivity contribution >= 4 is 48.0 Å². The number of aliphatic hydroxyl groups excluding tert-OH is 1. The summed E-state index contributed by atoms with van der Waals surface area (Å²) >= 11 is 18.1. The summed E-state index contributed by atoms with van der Waals surface area (Å²) in [6.45, 7) is 7.60. The molecule has 0 aromatic heterocycles. The maximum atomic E-state index is 9.67. The first-order valence-corrected chi connectivity index (χ1v) is 8.02. The third-order valence-electron chi connectivity index (χ3n) is 4.12. The number of hydrogen-bond acceptors (Lipinski definition) is 3. The Bertz CT molecular complexity index is 598. The third-order valence-corrected chi connectivity index (χ3v) is 5.17. The number of hydrogen-bond donors (Lipinski definition) is 1. The van der Waals surface area contributed by atoms with Crippen molar-refractivity contribution in [2.45, 2.75) is 38.9 Å². The van der Waals surface area contributed by atoms with Gasteiger partial charge in [0.15, 0.2) is 0 Å². The van der Waals surface area contributed by atoms with E-state index in [0.717, 1.165) is 0 Å². The van der Waals surface area contributed by atoms with Crippen LogP contribution in [0.4, 0.5) is 0 Å². The zero-order valence-corrected chi connectivity index (χ0v) is 15.2. The average molecular weight is 363 g/mol. The Morgan fingerprint density at radius 3 is 2.05 bits per heavy atom. The molecule has 0 bridgehead atoms. The van der Waals surface area contributed by atoms with Crippen molar-refractivity contribution in [2.75, 3.05) is 6.61 Å². The lowest BCUT2D eigenvalue weighted by molar-refractivity contribution is 0.00578. The second-order valence-corrected chi connectivity index (χ2v) is 7.48. The molecular weight excluding hydrogens is 345 g/mol. The standard InChI is InChI=1S/C15H18BCl3O3/c1-14(2)15(3,4)22-16(21-14)10(8-20)5-9-6-12(18)13(19)7-11(9)17/h5-7,20H,8H2,1-4H3. The summed E-state index contributed by atoms with van der Waals surface area (Å²) in [7, 11) is -0.638. The molecule has 0 radical (unpaired) electrons. The van der Waals surface area contributed by atoms with Gasteiger partial charge in [-0.25, -0.2) is 0 Å². The molecule has 1 aliphatic heterocycles. The highest BCUT2D eigenvalue weighted by Crippen LogP contribution is 2.39. The van der Waals surface area contributed by atoms with Crippen molar-refractivity contribution in [2.24, 2.45) is 0 Å². The summed E-state index contributed by atoms with van der Waals surface area (Å²) in [5, 5.41) is 10.9. The predicted octanol–water partition coefficient (Wildman–Crippen LogP) is 4.65. The Kier molecular flexibility index (Phi) is 5.23. The van der Waals surface area contributed by atoms with Gasteiger partial charge < -0.3 is 14.4 Å². The van der Waals surface area contributed by atoms with Crippen molar-refractivity contribution in [1.82, 2.24) is 0 Å². The molecule has 1 heterocycles. The first-order chi connectivity index (χ1) is 10.1. The van der Waals surface area contributed by atoms with E-state index in [1.807, 2.05) is 27.7 Å². The Morgan fingerprint density at radius 2 is 1.55 bits per heavy atom. The van der Waals surface area contributed by atoms with Gasteiger partial charge in [-0.2, -0.15) is 0 Å². The largest absolute Gasteiger partial charge is 0.492 e. The van der Waals surface area contributed by atoms with Crippen LogP contribution < -0.4 is 0 Å². The highest BCUT2D eigenvalue weighted by Gasteiger charge is 2.52. The molecule has 0 atom stereocenters. The Hall–Kier alpha value is -0.225. The molecule has 22 heavy (non-hydrogen) atoms. The van der Waals surface area contributed by atoms with E-state index in [0.29, 0.717) is 26.1 Å². The molecule has 1 fully saturated rings. The van der Waals surface area contributed by atoms with E-state index in [4.69, 9.17) is 44.1 Å². The van der Waals surface area contributed by atoms with E-state index >= 15 is 0 Å². The lowest BCUT2D eigenvalue weighted by Crippen LogP contribution is -2.41. The van der Waals surface area contributed by atoms with E-state index in [1.165, 1.54) is 0 Å². The van der Waals surface area contributed by atoms with Crippen molar-refractivity contribution in [3.63, 3.8) is 0 Å². The maximum Gasteiger partial charge on any atom is 0.492 e. The van der Waals surface area contributed by atoms with Crippen LogP contribution in [0.1, 0.15) is 33.3 Å². The van der Waals surface area contributed by atoms with Gasteiger partial charge in [0.05, 0.1) is 27.9 Å². The van der Waals surface area contributed by atoms with Crippen molar-refractivity contribution in [1.29, 1.82) is 0 Å². The van der Waals surface area contributed by atoms with Gasteiger partial charge >= 0.3 is 7.12 Å². The molecule has 120 valence electrons. The van der Waals surface area contributed by atoms with Gasteiger partial charge in [0.1, 0.15) is 0 Å². The average Bonchev–Trinajstić information content (AvgIpc) is 2.61. The van der Waals surface area contributed by atoms with Crippen molar-refractivity contribution in [3.05, 3.63) is 38.2 Å². The van der Waals surface area contributed by atoms with Crippen LogP contribution in [0.3, 0.4) is 0 Å². The third kappa shape index (κ3) is 3.48. The highest BCUT2D eigenvalue weighted by atomic mass is 35.5. The van der Waals surface area contributed by atoms with Gasteiger partial charge in [-0.1, -0.05) is 40.9 Å². The van der Waals surface area contributed by atoms with Crippen LogP contribution >= 0.6 is 34.8 Å². The number of aliphatic hydroxyl groups is 1. The van der Waals surface area contributed by atoms with E-state index in [1.54, 1.807) is 18.2 Å². The maximum absolute atomic E-state index is 9.67. The van der Waals surface area contributed by atoms with Gasteiger partial charge in [-0.05, 0) is 50.9 Å². The SMILES string of the molecule is CC1(C)OB(C(=Cc2cc(Cl)c(Cl)cc2Cl)CO)OC1(C)C. The van der Waals surface area contributed by atoms with Crippen molar-refractivity contribution in [3.8, 4) is 0 Å². The predicted molar refractivity (Wildman–Crippen MR) is 92.6 cm³/mol. The molecule has 0 spiro atoms. The van der Waals surface area contributed by atoms with Gasteiger partial charge in [0, 0.05) is 5.02 Å². The monoisotopic (exact) mass is 362 g/mol. The summed E-state index contributed by atoms with van der Waals surface area (Å²) < 4.78 is 11.9. The molecule has 1 N–H and O–H groups in total. The van der Waals surface area contributed by atoms with Crippen LogP contribution in [0.2, 0.25) is 15.1 Å². The van der Waals surface area contributed by atoms with Crippen LogP contribution in [-0.2, 0) is 9.31 Å². The summed E-state index contributed by atoms with van der Waals surface area (Å²) in [5.74, 6) is 0. The minimum absolute atomic E-state index is 0.215. The summed E-state index contributed by atoms with van der Waals surface area (Å²) in [6, 6.07) is 3.21. The molecular formula is C15H18BCl3O3. The zero-order valence-electron chi connectivity index (χ0n) is 12.9. The number of benzene rings is 1. The molecule has 0 amide bonds. The van der Waals surface area contributed by atoms with Gasteiger partial charge in [0.2, 0.25) is 0 Å². The Balaban J connectivity index is 2.36. The molecule has 7 heteroatoms. The quantitative estimate of drug-likeness (QED) is 0.627. The lowest BCUT2D eigenvalue weighted by atomic mass is 9.77.